The summed E-state index contributed by atoms with van der Waals surface area (Å²) in [6.07, 6.45) is 5.55. The van der Waals surface area contributed by atoms with E-state index in [1.54, 1.807) is 24.2 Å². The Bertz CT molecular complexity index is 495. The molecule has 2 nitrogen and oxygen atoms in total. The monoisotopic (exact) mass is 260 g/mol. The minimum Gasteiger partial charge on any atom is -0.346 e. The molecule has 0 spiro atoms. The van der Waals surface area contributed by atoms with Crippen LogP contribution in [0.25, 0.3) is 0 Å². The van der Waals surface area contributed by atoms with E-state index in [0.29, 0.717) is 4.99 Å². The van der Waals surface area contributed by atoms with Gasteiger partial charge >= 0.3 is 0 Å². The van der Waals surface area contributed by atoms with Gasteiger partial charge in [0.2, 0.25) is 0 Å². The SMILES string of the molecule is CSc1ccc(NC(=S)c2cccnc2)cc1. The molecule has 1 heterocycles. The molecule has 0 aliphatic carbocycles. The smallest absolute Gasteiger partial charge is 0.112 e. The molecule has 0 aliphatic heterocycles. The van der Waals surface area contributed by atoms with Crippen molar-refractivity contribution < 1.29 is 0 Å². The van der Waals surface area contributed by atoms with Crippen LogP contribution in [0.15, 0.2) is 53.7 Å². The standard InChI is InChI=1S/C13H12N2S2/c1-17-12-6-4-11(5-7-12)15-13(16)10-3-2-8-14-9-10/h2-9H,1H3,(H,15,16). The number of nitrogens with zero attached hydrogens (tertiary/aromatic N) is 1. The summed E-state index contributed by atoms with van der Waals surface area (Å²) in [7, 11) is 0. The van der Waals surface area contributed by atoms with Crippen LogP contribution in [-0.2, 0) is 0 Å². The molecule has 2 aromatic rings. The Balaban J connectivity index is 2.08. The molecule has 0 saturated carbocycles. The molecule has 0 amide bonds. The van der Waals surface area contributed by atoms with Gasteiger partial charge in [0.15, 0.2) is 0 Å². The van der Waals surface area contributed by atoms with E-state index in [-0.39, 0.29) is 0 Å². The number of rotatable bonds is 3. The number of nitrogens with one attached hydrogen (secondary N) is 1. The third-order valence-electron chi connectivity index (χ3n) is 2.27. The number of thiocarbonyl (C=S) groups is 1. The third-order valence-corrected chi connectivity index (χ3v) is 3.35. The van der Waals surface area contributed by atoms with Crippen LogP contribution in [-0.4, -0.2) is 16.2 Å². The Morgan fingerprint density at radius 3 is 2.59 bits per heavy atom. The van der Waals surface area contributed by atoms with Crippen molar-refractivity contribution in [2.45, 2.75) is 4.90 Å². The van der Waals surface area contributed by atoms with E-state index in [9.17, 15) is 0 Å². The minimum absolute atomic E-state index is 0.690. The Hall–Kier alpha value is -1.39. The maximum atomic E-state index is 5.31. The predicted octanol–water partition coefficient (Wildman–Crippen LogP) is 3.59. The van der Waals surface area contributed by atoms with Crippen LogP contribution >= 0.6 is 24.0 Å². The highest BCUT2D eigenvalue weighted by Crippen LogP contribution is 2.18. The summed E-state index contributed by atoms with van der Waals surface area (Å²) in [4.78, 5) is 5.97. The van der Waals surface area contributed by atoms with Crippen LogP contribution in [0.3, 0.4) is 0 Å². The molecule has 1 N–H and O–H groups in total. The molecule has 0 saturated heterocycles. The third kappa shape index (κ3) is 3.28. The molecule has 4 heteroatoms. The van der Waals surface area contributed by atoms with Gasteiger partial charge in [-0.2, -0.15) is 0 Å². The lowest BCUT2D eigenvalue weighted by Gasteiger charge is -2.08. The van der Waals surface area contributed by atoms with Crippen LogP contribution in [0.5, 0.6) is 0 Å². The van der Waals surface area contributed by atoms with Crippen molar-refractivity contribution in [2.24, 2.45) is 0 Å². The van der Waals surface area contributed by atoms with E-state index in [1.165, 1.54) is 4.90 Å². The van der Waals surface area contributed by atoms with E-state index in [2.05, 4.69) is 28.7 Å². The van der Waals surface area contributed by atoms with Crippen molar-refractivity contribution in [1.29, 1.82) is 0 Å². The van der Waals surface area contributed by atoms with Gasteiger partial charge in [0.25, 0.3) is 0 Å². The van der Waals surface area contributed by atoms with Crippen molar-refractivity contribution in [3.05, 3.63) is 54.4 Å². The van der Waals surface area contributed by atoms with Crippen molar-refractivity contribution in [2.75, 3.05) is 11.6 Å². The van der Waals surface area contributed by atoms with Gasteiger partial charge in [-0.25, -0.2) is 0 Å². The molecule has 0 unspecified atom stereocenters. The van der Waals surface area contributed by atoms with Gasteiger partial charge in [-0.1, -0.05) is 12.2 Å². The van der Waals surface area contributed by atoms with Crippen LogP contribution < -0.4 is 5.32 Å². The first-order valence-corrected chi connectivity index (χ1v) is 6.78. The predicted molar refractivity (Wildman–Crippen MR) is 77.8 cm³/mol. The summed E-state index contributed by atoms with van der Waals surface area (Å²) < 4.78 is 0. The molecule has 0 bridgehead atoms. The molecule has 1 aromatic heterocycles. The number of aromatic nitrogens is 1. The molecule has 17 heavy (non-hydrogen) atoms. The van der Waals surface area contributed by atoms with Crippen molar-refractivity contribution in [1.82, 2.24) is 4.98 Å². The Labute approximate surface area is 110 Å². The highest BCUT2D eigenvalue weighted by molar-refractivity contribution is 7.98. The second-order valence-corrected chi connectivity index (χ2v) is 4.71. The largest absolute Gasteiger partial charge is 0.346 e. The van der Waals surface area contributed by atoms with Crippen LogP contribution in [0, 0.1) is 0 Å². The van der Waals surface area contributed by atoms with Gasteiger partial charge < -0.3 is 5.32 Å². The molecule has 86 valence electrons. The van der Waals surface area contributed by atoms with Gasteiger partial charge in [0, 0.05) is 28.5 Å². The zero-order chi connectivity index (χ0) is 12.1. The normalized spacial score (nSPS) is 9.94. The molecular weight excluding hydrogens is 248 g/mol. The van der Waals surface area contributed by atoms with Gasteiger partial charge in [0.05, 0.1) is 0 Å². The summed E-state index contributed by atoms with van der Waals surface area (Å²) in [6.45, 7) is 0. The molecule has 0 aliphatic rings. The zero-order valence-electron chi connectivity index (χ0n) is 9.38. The van der Waals surface area contributed by atoms with Crippen LogP contribution in [0.4, 0.5) is 5.69 Å². The molecule has 2 rings (SSSR count). The second kappa shape index (κ2) is 5.80. The fraction of sp³-hybridized carbons (Fsp3) is 0.0769. The van der Waals surface area contributed by atoms with E-state index >= 15 is 0 Å². The first-order valence-electron chi connectivity index (χ1n) is 5.15. The highest BCUT2D eigenvalue weighted by Gasteiger charge is 2.01. The number of anilines is 1. The molecule has 0 radical (unpaired) electrons. The number of benzene rings is 1. The maximum absolute atomic E-state index is 5.31. The van der Waals surface area contributed by atoms with Crippen molar-refractivity contribution >= 4 is 34.7 Å². The van der Waals surface area contributed by atoms with Crippen LogP contribution in [0.1, 0.15) is 5.56 Å². The lowest BCUT2D eigenvalue weighted by atomic mass is 10.2. The Morgan fingerprint density at radius 1 is 1.24 bits per heavy atom. The zero-order valence-corrected chi connectivity index (χ0v) is 11.0. The maximum Gasteiger partial charge on any atom is 0.112 e. The summed E-state index contributed by atoms with van der Waals surface area (Å²) in [5.74, 6) is 0. The topological polar surface area (TPSA) is 24.9 Å². The molecule has 1 aromatic carbocycles. The Morgan fingerprint density at radius 2 is 2.00 bits per heavy atom. The first-order chi connectivity index (χ1) is 8.29. The Kier molecular flexibility index (Phi) is 4.12. The lowest BCUT2D eigenvalue weighted by molar-refractivity contribution is 1.32. The fourth-order valence-corrected chi connectivity index (χ4v) is 2.02. The average molecular weight is 260 g/mol. The van der Waals surface area contributed by atoms with E-state index in [1.807, 2.05) is 24.3 Å². The number of pyridine rings is 1. The quantitative estimate of drug-likeness (QED) is 0.673. The van der Waals surface area contributed by atoms with E-state index < -0.39 is 0 Å². The molecular formula is C13H12N2S2. The van der Waals surface area contributed by atoms with Crippen molar-refractivity contribution in [3.63, 3.8) is 0 Å². The summed E-state index contributed by atoms with van der Waals surface area (Å²) in [5.41, 5.74) is 1.92. The average Bonchev–Trinajstić information content (AvgIpc) is 2.40. The van der Waals surface area contributed by atoms with Crippen LogP contribution in [0.2, 0.25) is 0 Å². The molecule has 0 fully saturated rings. The highest BCUT2D eigenvalue weighted by atomic mass is 32.2. The number of thioether (sulfide) groups is 1. The van der Waals surface area contributed by atoms with Crippen molar-refractivity contribution in [3.8, 4) is 0 Å². The summed E-state index contributed by atoms with van der Waals surface area (Å²) in [5, 5.41) is 3.19. The van der Waals surface area contributed by atoms with E-state index in [0.717, 1.165) is 11.3 Å². The van der Waals surface area contributed by atoms with Gasteiger partial charge in [0.1, 0.15) is 4.99 Å². The molecule has 0 atom stereocenters. The summed E-state index contributed by atoms with van der Waals surface area (Å²) in [6, 6.07) is 12.0. The lowest BCUT2D eigenvalue weighted by Crippen LogP contribution is -2.10. The van der Waals surface area contributed by atoms with E-state index in [4.69, 9.17) is 12.2 Å². The van der Waals surface area contributed by atoms with Gasteiger partial charge in [-0.3, -0.25) is 4.98 Å². The van der Waals surface area contributed by atoms with Gasteiger partial charge in [-0.05, 0) is 42.7 Å². The first kappa shape index (κ1) is 12.1. The summed E-state index contributed by atoms with van der Waals surface area (Å²) >= 11 is 7.03. The fourth-order valence-electron chi connectivity index (χ4n) is 1.37. The minimum atomic E-state index is 0.690. The second-order valence-electron chi connectivity index (χ2n) is 3.42. The van der Waals surface area contributed by atoms with Gasteiger partial charge in [-0.15, -0.1) is 11.8 Å². The number of hydrogen-bond donors (Lipinski definition) is 1. The number of hydrogen-bond acceptors (Lipinski definition) is 3.